The van der Waals surface area contributed by atoms with Gasteiger partial charge in [0.25, 0.3) is 0 Å². The monoisotopic (exact) mass is 350 g/mol. The maximum Gasteiger partial charge on any atom is 0.220 e. The van der Waals surface area contributed by atoms with E-state index in [1.165, 1.54) is 36.8 Å². The summed E-state index contributed by atoms with van der Waals surface area (Å²) < 4.78 is 1.08. The highest BCUT2D eigenvalue weighted by atomic mass is 79.9. The molecule has 0 aliphatic carbocycles. The summed E-state index contributed by atoms with van der Waals surface area (Å²) in [6, 6.07) is 7.51. The lowest BCUT2D eigenvalue weighted by Gasteiger charge is -2.28. The van der Waals surface area contributed by atoms with Gasteiger partial charge in [-0.2, -0.15) is 0 Å². The van der Waals surface area contributed by atoms with Gasteiger partial charge in [-0.05, 0) is 61.8 Å². The lowest BCUT2D eigenvalue weighted by Crippen LogP contribution is -2.39. The van der Waals surface area contributed by atoms with Gasteiger partial charge in [-0.25, -0.2) is 0 Å². The SMILES string of the molecule is Cc1cc(Br)ccc1CNC(=O)CC1CC2CCC(C1)N2. The minimum atomic E-state index is 0.198. The molecule has 3 rings (SSSR count). The minimum absolute atomic E-state index is 0.198. The number of amides is 1. The van der Waals surface area contributed by atoms with E-state index in [9.17, 15) is 4.79 Å². The zero-order valence-electron chi connectivity index (χ0n) is 12.5. The van der Waals surface area contributed by atoms with Crippen molar-refractivity contribution >= 4 is 21.8 Å². The summed E-state index contributed by atoms with van der Waals surface area (Å²) in [5.74, 6) is 0.762. The zero-order chi connectivity index (χ0) is 14.8. The third kappa shape index (κ3) is 3.86. The van der Waals surface area contributed by atoms with E-state index in [0.717, 1.165) is 4.47 Å². The average Bonchev–Trinajstić information content (AvgIpc) is 2.77. The molecule has 2 saturated heterocycles. The first-order chi connectivity index (χ1) is 10.1. The number of rotatable bonds is 4. The van der Waals surface area contributed by atoms with E-state index in [0.29, 0.717) is 31.0 Å². The molecule has 1 amide bonds. The van der Waals surface area contributed by atoms with Crippen LogP contribution < -0.4 is 10.6 Å². The molecule has 2 aliphatic heterocycles. The molecule has 0 spiro atoms. The van der Waals surface area contributed by atoms with E-state index >= 15 is 0 Å². The molecule has 4 heteroatoms. The molecular formula is C17H23BrN2O. The van der Waals surface area contributed by atoms with Crippen LogP contribution >= 0.6 is 15.9 Å². The molecule has 1 aromatic rings. The van der Waals surface area contributed by atoms with Crippen molar-refractivity contribution in [2.45, 2.75) is 57.7 Å². The minimum Gasteiger partial charge on any atom is -0.352 e. The van der Waals surface area contributed by atoms with Gasteiger partial charge in [-0.15, -0.1) is 0 Å². The topological polar surface area (TPSA) is 41.1 Å². The first-order valence-corrected chi connectivity index (χ1v) is 8.67. The summed E-state index contributed by atoms with van der Waals surface area (Å²) in [7, 11) is 0. The van der Waals surface area contributed by atoms with Crippen LogP contribution in [0.2, 0.25) is 0 Å². The second-order valence-corrected chi connectivity index (χ2v) is 7.44. The molecule has 0 saturated carbocycles. The molecule has 2 unspecified atom stereocenters. The number of aryl methyl sites for hydroxylation is 1. The average molecular weight is 351 g/mol. The largest absolute Gasteiger partial charge is 0.352 e. The summed E-state index contributed by atoms with van der Waals surface area (Å²) in [4.78, 5) is 12.2. The molecule has 2 aliphatic rings. The van der Waals surface area contributed by atoms with Gasteiger partial charge in [0, 0.05) is 29.5 Å². The maximum absolute atomic E-state index is 12.2. The predicted octanol–water partition coefficient (Wildman–Crippen LogP) is 3.29. The molecule has 2 N–H and O–H groups in total. The van der Waals surface area contributed by atoms with Gasteiger partial charge >= 0.3 is 0 Å². The number of halogens is 1. The Bertz CT molecular complexity index is 520. The quantitative estimate of drug-likeness (QED) is 0.874. The Morgan fingerprint density at radius 2 is 2.05 bits per heavy atom. The first kappa shape index (κ1) is 15.0. The van der Waals surface area contributed by atoms with Crippen molar-refractivity contribution < 1.29 is 4.79 Å². The number of nitrogens with one attached hydrogen (secondary N) is 2. The van der Waals surface area contributed by atoms with Gasteiger partial charge < -0.3 is 10.6 Å². The van der Waals surface area contributed by atoms with Crippen LogP contribution in [-0.4, -0.2) is 18.0 Å². The fourth-order valence-electron chi connectivity index (χ4n) is 3.73. The normalized spacial score (nSPS) is 27.6. The van der Waals surface area contributed by atoms with E-state index in [-0.39, 0.29) is 5.91 Å². The van der Waals surface area contributed by atoms with Crippen LogP contribution in [0.4, 0.5) is 0 Å². The molecule has 2 heterocycles. The number of hydrogen-bond donors (Lipinski definition) is 2. The van der Waals surface area contributed by atoms with Crippen molar-refractivity contribution in [1.29, 1.82) is 0 Å². The van der Waals surface area contributed by atoms with Crippen molar-refractivity contribution in [3.05, 3.63) is 33.8 Å². The van der Waals surface area contributed by atoms with Gasteiger partial charge in [-0.1, -0.05) is 22.0 Å². The summed E-state index contributed by atoms with van der Waals surface area (Å²) >= 11 is 3.47. The molecule has 21 heavy (non-hydrogen) atoms. The number of hydrogen-bond acceptors (Lipinski definition) is 2. The fourth-order valence-corrected chi connectivity index (χ4v) is 4.20. The van der Waals surface area contributed by atoms with Crippen LogP contribution in [0.3, 0.4) is 0 Å². The van der Waals surface area contributed by atoms with Crippen molar-refractivity contribution in [2.24, 2.45) is 5.92 Å². The van der Waals surface area contributed by atoms with Crippen LogP contribution in [0.25, 0.3) is 0 Å². The second kappa shape index (κ2) is 6.49. The Morgan fingerprint density at radius 1 is 1.33 bits per heavy atom. The number of benzene rings is 1. The smallest absolute Gasteiger partial charge is 0.220 e. The Labute approximate surface area is 135 Å². The zero-order valence-corrected chi connectivity index (χ0v) is 14.1. The third-order valence-corrected chi connectivity index (χ3v) is 5.32. The Kier molecular flexibility index (Phi) is 4.65. The Morgan fingerprint density at radius 3 is 2.71 bits per heavy atom. The molecular weight excluding hydrogens is 328 g/mol. The molecule has 2 atom stereocenters. The van der Waals surface area contributed by atoms with Crippen molar-refractivity contribution in [2.75, 3.05) is 0 Å². The highest BCUT2D eigenvalue weighted by Crippen LogP contribution is 2.32. The van der Waals surface area contributed by atoms with Gasteiger partial charge in [0.2, 0.25) is 5.91 Å². The summed E-state index contributed by atoms with van der Waals surface area (Å²) in [6.45, 7) is 2.71. The third-order valence-electron chi connectivity index (χ3n) is 4.83. The molecule has 2 bridgehead atoms. The Balaban J connectivity index is 1.48. The maximum atomic E-state index is 12.2. The lowest BCUT2D eigenvalue weighted by molar-refractivity contribution is -0.122. The highest BCUT2D eigenvalue weighted by molar-refractivity contribution is 9.10. The van der Waals surface area contributed by atoms with Gasteiger partial charge in [0.15, 0.2) is 0 Å². The van der Waals surface area contributed by atoms with Crippen molar-refractivity contribution in [3.63, 3.8) is 0 Å². The number of piperidine rings is 1. The van der Waals surface area contributed by atoms with Gasteiger partial charge in [-0.3, -0.25) is 4.79 Å². The van der Waals surface area contributed by atoms with Crippen molar-refractivity contribution in [1.82, 2.24) is 10.6 Å². The van der Waals surface area contributed by atoms with Gasteiger partial charge in [0.1, 0.15) is 0 Å². The number of fused-ring (bicyclic) bond motifs is 2. The van der Waals surface area contributed by atoms with E-state index in [2.05, 4.69) is 45.6 Å². The highest BCUT2D eigenvalue weighted by Gasteiger charge is 2.34. The van der Waals surface area contributed by atoms with E-state index in [1.54, 1.807) is 0 Å². The van der Waals surface area contributed by atoms with Gasteiger partial charge in [0.05, 0.1) is 0 Å². The molecule has 2 fully saturated rings. The van der Waals surface area contributed by atoms with E-state index in [4.69, 9.17) is 0 Å². The molecule has 0 radical (unpaired) electrons. The molecule has 0 aromatic heterocycles. The summed E-state index contributed by atoms with van der Waals surface area (Å²) in [5.41, 5.74) is 2.40. The summed E-state index contributed by atoms with van der Waals surface area (Å²) in [6.07, 6.45) is 5.61. The van der Waals surface area contributed by atoms with Crippen LogP contribution in [0.5, 0.6) is 0 Å². The van der Waals surface area contributed by atoms with Crippen molar-refractivity contribution in [3.8, 4) is 0 Å². The van der Waals surface area contributed by atoms with E-state index < -0.39 is 0 Å². The lowest BCUT2D eigenvalue weighted by atomic mass is 9.89. The number of carbonyl (C=O) groups is 1. The molecule has 114 valence electrons. The Hall–Kier alpha value is -0.870. The first-order valence-electron chi connectivity index (χ1n) is 7.88. The van der Waals surface area contributed by atoms with Crippen LogP contribution in [0, 0.1) is 12.8 Å². The second-order valence-electron chi connectivity index (χ2n) is 6.53. The predicted molar refractivity (Wildman–Crippen MR) is 88.0 cm³/mol. The van der Waals surface area contributed by atoms with Crippen LogP contribution in [0.15, 0.2) is 22.7 Å². The summed E-state index contributed by atoms with van der Waals surface area (Å²) in [5, 5.41) is 6.71. The molecule has 3 nitrogen and oxygen atoms in total. The van der Waals surface area contributed by atoms with Crippen LogP contribution in [0.1, 0.15) is 43.2 Å². The number of carbonyl (C=O) groups excluding carboxylic acids is 1. The fraction of sp³-hybridized carbons (Fsp3) is 0.588. The standard InChI is InChI=1S/C17H23BrN2O/c1-11-6-14(18)3-2-13(11)10-19-17(21)9-12-7-15-4-5-16(8-12)20-15/h2-3,6,12,15-16,20H,4-5,7-10H2,1H3,(H,19,21). The van der Waals surface area contributed by atoms with Crippen LogP contribution in [-0.2, 0) is 11.3 Å². The molecule has 1 aromatic carbocycles. The van der Waals surface area contributed by atoms with E-state index in [1.807, 2.05) is 6.07 Å².